The van der Waals surface area contributed by atoms with Crippen LogP contribution in [0, 0.1) is 0 Å². The van der Waals surface area contributed by atoms with Crippen LogP contribution in [0.3, 0.4) is 0 Å². The number of aliphatic hydroxyl groups is 2. The van der Waals surface area contributed by atoms with Crippen molar-refractivity contribution >= 4 is 5.91 Å². The van der Waals surface area contributed by atoms with Crippen LogP contribution in [0.2, 0.25) is 0 Å². The zero-order chi connectivity index (χ0) is 17.4. The first-order valence-electron chi connectivity index (χ1n) is 8.57. The highest BCUT2D eigenvalue weighted by Gasteiger charge is 2.55. The summed E-state index contributed by atoms with van der Waals surface area (Å²) in [4.78, 5) is 13.8. The van der Waals surface area contributed by atoms with Crippen LogP contribution in [0.5, 0.6) is 0 Å². The normalized spacial score (nSPS) is 31.8. The lowest BCUT2D eigenvalue weighted by atomic mass is 9.90. The molecule has 0 bridgehead atoms. The number of hydrogen-bond acceptors (Lipinski definition) is 4. The van der Waals surface area contributed by atoms with E-state index in [1.54, 1.807) is 4.90 Å². The van der Waals surface area contributed by atoms with Crippen molar-refractivity contribution in [2.24, 2.45) is 0 Å². The molecule has 0 unspecified atom stereocenters. The largest absolute Gasteiger partial charge is 0.381 e. The standard InChI is InChI=1S/C20H21NO4/c22-18-17(21(19(18)23)13-14-7-3-1-4-8-14)16-11-12-20(24,25-16)15-9-5-2-6-10-15/h1-10,16-18,22,24H,11-13H2/t16-,17+,18-,20+/m1/s1. The molecule has 5 nitrogen and oxygen atoms in total. The van der Waals surface area contributed by atoms with Crippen molar-refractivity contribution in [1.29, 1.82) is 0 Å². The van der Waals surface area contributed by atoms with E-state index in [0.29, 0.717) is 24.9 Å². The van der Waals surface area contributed by atoms with Gasteiger partial charge < -0.3 is 19.8 Å². The Bertz CT molecular complexity index is 751. The molecule has 25 heavy (non-hydrogen) atoms. The molecule has 0 saturated carbocycles. The smallest absolute Gasteiger partial charge is 0.254 e. The van der Waals surface area contributed by atoms with Gasteiger partial charge in [0, 0.05) is 18.5 Å². The minimum atomic E-state index is -1.36. The minimum absolute atomic E-state index is 0.285. The molecule has 5 heteroatoms. The maximum atomic E-state index is 12.1. The van der Waals surface area contributed by atoms with E-state index >= 15 is 0 Å². The van der Waals surface area contributed by atoms with Gasteiger partial charge in [0.1, 0.15) is 0 Å². The van der Waals surface area contributed by atoms with Crippen molar-refractivity contribution < 1.29 is 19.7 Å². The van der Waals surface area contributed by atoms with E-state index in [1.807, 2.05) is 60.7 Å². The maximum absolute atomic E-state index is 12.1. The predicted octanol–water partition coefficient (Wildman–Crippen LogP) is 1.78. The van der Waals surface area contributed by atoms with E-state index in [0.717, 1.165) is 5.56 Å². The van der Waals surface area contributed by atoms with Gasteiger partial charge in [-0.3, -0.25) is 4.79 Å². The van der Waals surface area contributed by atoms with Gasteiger partial charge in [0.25, 0.3) is 5.91 Å². The fourth-order valence-electron chi connectivity index (χ4n) is 3.78. The molecule has 0 spiro atoms. The molecule has 0 radical (unpaired) electrons. The van der Waals surface area contributed by atoms with Crippen molar-refractivity contribution in [2.75, 3.05) is 0 Å². The fourth-order valence-corrected chi connectivity index (χ4v) is 3.78. The van der Waals surface area contributed by atoms with Crippen LogP contribution in [-0.4, -0.2) is 39.3 Å². The number of benzene rings is 2. The van der Waals surface area contributed by atoms with Crippen LogP contribution >= 0.6 is 0 Å². The summed E-state index contributed by atoms with van der Waals surface area (Å²) in [6, 6.07) is 18.5. The van der Waals surface area contributed by atoms with Crippen molar-refractivity contribution in [2.45, 2.75) is 43.4 Å². The molecule has 2 heterocycles. The minimum Gasteiger partial charge on any atom is -0.381 e. The van der Waals surface area contributed by atoms with Gasteiger partial charge >= 0.3 is 0 Å². The second-order valence-corrected chi connectivity index (χ2v) is 6.73. The van der Waals surface area contributed by atoms with Gasteiger partial charge in [0.05, 0.1) is 12.1 Å². The molecular formula is C20H21NO4. The monoisotopic (exact) mass is 339 g/mol. The Morgan fingerprint density at radius 3 is 2.40 bits per heavy atom. The van der Waals surface area contributed by atoms with Crippen LogP contribution in [0.4, 0.5) is 0 Å². The average molecular weight is 339 g/mol. The number of ether oxygens (including phenoxy) is 1. The molecular weight excluding hydrogens is 318 g/mol. The van der Waals surface area contributed by atoms with E-state index < -0.39 is 17.9 Å². The van der Waals surface area contributed by atoms with Gasteiger partial charge in [-0.25, -0.2) is 0 Å². The quantitative estimate of drug-likeness (QED) is 0.833. The van der Waals surface area contributed by atoms with Crippen LogP contribution in [0.25, 0.3) is 0 Å². The Morgan fingerprint density at radius 1 is 1.08 bits per heavy atom. The second kappa shape index (κ2) is 6.26. The fraction of sp³-hybridized carbons (Fsp3) is 0.350. The van der Waals surface area contributed by atoms with E-state index in [9.17, 15) is 15.0 Å². The first-order valence-corrected chi connectivity index (χ1v) is 8.57. The Kier molecular flexibility index (Phi) is 4.07. The molecule has 4 rings (SSSR count). The Morgan fingerprint density at radius 2 is 1.72 bits per heavy atom. The lowest BCUT2D eigenvalue weighted by Crippen LogP contribution is -2.68. The average Bonchev–Trinajstić information content (AvgIpc) is 3.05. The van der Waals surface area contributed by atoms with E-state index in [2.05, 4.69) is 0 Å². The molecule has 2 saturated heterocycles. The first-order chi connectivity index (χ1) is 12.1. The van der Waals surface area contributed by atoms with E-state index in [-0.39, 0.29) is 12.0 Å². The summed E-state index contributed by atoms with van der Waals surface area (Å²) < 4.78 is 5.93. The number of carbonyl (C=O) groups excluding carboxylic acids is 1. The molecule has 0 aromatic heterocycles. The molecule has 1 amide bonds. The molecule has 2 aliphatic rings. The van der Waals surface area contributed by atoms with Crippen molar-refractivity contribution in [3.63, 3.8) is 0 Å². The first kappa shape index (κ1) is 16.3. The third kappa shape index (κ3) is 2.84. The van der Waals surface area contributed by atoms with Gasteiger partial charge in [-0.2, -0.15) is 0 Å². The van der Waals surface area contributed by atoms with E-state index in [1.165, 1.54) is 0 Å². The zero-order valence-corrected chi connectivity index (χ0v) is 13.8. The van der Waals surface area contributed by atoms with Gasteiger partial charge in [-0.15, -0.1) is 0 Å². The number of aliphatic hydroxyl groups excluding tert-OH is 1. The summed E-state index contributed by atoms with van der Waals surface area (Å²) in [5, 5.41) is 21.0. The number of hydrogen-bond donors (Lipinski definition) is 2. The van der Waals surface area contributed by atoms with Gasteiger partial charge in [-0.05, 0) is 12.0 Å². The summed E-state index contributed by atoms with van der Waals surface area (Å²) in [5.74, 6) is -1.64. The zero-order valence-electron chi connectivity index (χ0n) is 13.8. The van der Waals surface area contributed by atoms with Crippen molar-refractivity contribution in [3.8, 4) is 0 Å². The Hall–Kier alpha value is -2.21. The molecule has 2 aliphatic heterocycles. The van der Waals surface area contributed by atoms with Crippen LogP contribution in [-0.2, 0) is 21.9 Å². The number of amides is 1. The van der Waals surface area contributed by atoms with Gasteiger partial charge in [0.15, 0.2) is 11.9 Å². The second-order valence-electron chi connectivity index (χ2n) is 6.73. The third-order valence-electron chi connectivity index (χ3n) is 5.14. The number of nitrogens with zero attached hydrogens (tertiary/aromatic N) is 1. The Labute approximate surface area is 146 Å². The lowest BCUT2D eigenvalue weighted by molar-refractivity contribution is -0.229. The maximum Gasteiger partial charge on any atom is 0.254 e. The van der Waals surface area contributed by atoms with Gasteiger partial charge in [0.2, 0.25) is 0 Å². The molecule has 2 aromatic carbocycles. The van der Waals surface area contributed by atoms with Crippen LogP contribution < -0.4 is 0 Å². The Balaban J connectivity index is 1.50. The SMILES string of the molecule is O=C1[C@H](O)[C@H]([C@H]2CC[C@@](O)(c3ccccc3)O2)N1Cc1ccccc1. The third-order valence-corrected chi connectivity index (χ3v) is 5.14. The highest BCUT2D eigenvalue weighted by atomic mass is 16.6. The van der Waals surface area contributed by atoms with E-state index in [4.69, 9.17) is 4.74 Å². The lowest BCUT2D eigenvalue weighted by Gasteiger charge is -2.47. The highest BCUT2D eigenvalue weighted by molar-refractivity contribution is 5.88. The van der Waals surface area contributed by atoms with Gasteiger partial charge in [-0.1, -0.05) is 60.7 Å². The molecule has 2 aromatic rings. The summed E-state index contributed by atoms with van der Waals surface area (Å²) in [5.41, 5.74) is 1.70. The number of likely N-dealkylation sites (tertiary alicyclic amines) is 1. The summed E-state index contributed by atoms with van der Waals surface area (Å²) >= 11 is 0. The summed E-state index contributed by atoms with van der Waals surface area (Å²) in [6.07, 6.45) is -0.419. The van der Waals surface area contributed by atoms with Crippen molar-refractivity contribution in [3.05, 3.63) is 71.8 Å². The number of rotatable bonds is 4. The molecule has 2 N–H and O–H groups in total. The summed E-state index contributed by atoms with van der Waals surface area (Å²) in [7, 11) is 0. The summed E-state index contributed by atoms with van der Waals surface area (Å²) in [6.45, 7) is 0.436. The molecule has 2 fully saturated rings. The number of β-lactam (4-membered cyclic amide) rings is 1. The molecule has 4 atom stereocenters. The predicted molar refractivity (Wildman–Crippen MR) is 91.2 cm³/mol. The van der Waals surface area contributed by atoms with Crippen LogP contribution in [0.1, 0.15) is 24.0 Å². The van der Waals surface area contributed by atoms with Crippen LogP contribution in [0.15, 0.2) is 60.7 Å². The van der Waals surface area contributed by atoms with Crippen molar-refractivity contribution in [1.82, 2.24) is 4.90 Å². The highest BCUT2D eigenvalue weighted by Crippen LogP contribution is 2.41. The topological polar surface area (TPSA) is 70.0 Å². The molecule has 130 valence electrons. The number of carbonyl (C=O) groups is 1. The molecule has 0 aliphatic carbocycles.